The maximum absolute atomic E-state index is 14.2. The lowest BCUT2D eigenvalue weighted by molar-refractivity contribution is -0.0135. The number of nitrogens with one attached hydrogen (secondary N) is 1. The lowest BCUT2D eigenvalue weighted by atomic mass is 10.0. The first-order valence-electron chi connectivity index (χ1n) is 14.1. The zero-order chi connectivity index (χ0) is 31.5. The number of halogens is 3. The highest BCUT2D eigenvalue weighted by Crippen LogP contribution is 2.38. The quantitative estimate of drug-likeness (QED) is 0.237. The van der Waals surface area contributed by atoms with Crippen LogP contribution in [0, 0.1) is 12.7 Å². The predicted octanol–water partition coefficient (Wildman–Crippen LogP) is 7.99. The van der Waals surface area contributed by atoms with Crippen molar-refractivity contribution in [3.05, 3.63) is 81.1 Å². The van der Waals surface area contributed by atoms with Crippen LogP contribution in [-0.4, -0.2) is 56.4 Å². The molecule has 43 heavy (non-hydrogen) atoms. The Morgan fingerprint density at radius 2 is 1.81 bits per heavy atom. The number of carbonyl (C=O) groups is 1. The molecule has 0 spiro atoms. The van der Waals surface area contributed by atoms with Crippen molar-refractivity contribution in [2.75, 3.05) is 38.1 Å². The number of rotatable bonds is 9. The van der Waals surface area contributed by atoms with E-state index in [2.05, 4.69) is 5.32 Å². The fourth-order valence-electron chi connectivity index (χ4n) is 4.90. The molecule has 4 rings (SSSR count). The molecule has 2 amide bonds. The zero-order valence-corrected chi connectivity index (χ0v) is 27.1. The van der Waals surface area contributed by atoms with Crippen LogP contribution < -0.4 is 10.1 Å². The van der Waals surface area contributed by atoms with Crippen LogP contribution in [-0.2, 0) is 14.8 Å². The van der Waals surface area contributed by atoms with E-state index in [1.54, 1.807) is 19.9 Å². The minimum Gasteiger partial charge on any atom is -0.455 e. The second kappa shape index (κ2) is 13.8. The van der Waals surface area contributed by atoms with Gasteiger partial charge in [0.25, 0.3) is 0 Å². The number of urea groups is 1. The van der Waals surface area contributed by atoms with Gasteiger partial charge in [0.2, 0.25) is 10.0 Å². The molecule has 0 saturated carbocycles. The molecule has 1 unspecified atom stereocenters. The van der Waals surface area contributed by atoms with Crippen LogP contribution in [0.1, 0.15) is 56.4 Å². The van der Waals surface area contributed by atoms with Crippen molar-refractivity contribution in [1.82, 2.24) is 9.21 Å². The first-order chi connectivity index (χ1) is 20.3. The number of ether oxygens (including phenoxy) is 2. The highest BCUT2D eigenvalue weighted by molar-refractivity contribution is 7.89. The average molecular weight is 653 g/mol. The summed E-state index contributed by atoms with van der Waals surface area (Å²) in [6.45, 7) is 10.7. The molecule has 12 heteroatoms. The smallest absolute Gasteiger partial charge is 0.322 e. The molecule has 0 bridgehead atoms. The molecular formula is C31H36Cl2FN3O5S. The summed E-state index contributed by atoms with van der Waals surface area (Å²) in [6, 6.07) is 12.3. The van der Waals surface area contributed by atoms with E-state index in [0.29, 0.717) is 24.4 Å². The van der Waals surface area contributed by atoms with E-state index in [1.165, 1.54) is 33.5 Å². The lowest BCUT2D eigenvalue weighted by Crippen LogP contribution is -2.44. The summed E-state index contributed by atoms with van der Waals surface area (Å²) in [7, 11) is -3.83. The summed E-state index contributed by atoms with van der Waals surface area (Å²) in [5.41, 5.74) is 2.51. The number of aryl methyl sites for hydroxylation is 1. The molecule has 1 saturated heterocycles. The summed E-state index contributed by atoms with van der Waals surface area (Å²) < 4.78 is 54.5. The number of anilines is 1. The SMILES string of the molecule is CCN(CC)S(=O)(=O)c1ccc(Oc2cc(C)ccc2C(C)C)c(NC(=O)N2CCOC(c3cc(F)c(Cl)cc3Cl)C2)c1. The predicted molar refractivity (Wildman–Crippen MR) is 168 cm³/mol. The molecule has 1 heterocycles. The van der Waals surface area contributed by atoms with Crippen molar-refractivity contribution in [3.8, 4) is 11.5 Å². The Morgan fingerprint density at radius 1 is 1.09 bits per heavy atom. The van der Waals surface area contributed by atoms with Crippen molar-refractivity contribution < 1.29 is 27.1 Å². The third-order valence-corrected chi connectivity index (χ3v) is 9.95. The first kappa shape index (κ1) is 33.0. The van der Waals surface area contributed by atoms with Gasteiger partial charge in [-0.25, -0.2) is 17.6 Å². The van der Waals surface area contributed by atoms with Crippen molar-refractivity contribution in [3.63, 3.8) is 0 Å². The molecule has 0 radical (unpaired) electrons. The Balaban J connectivity index is 1.69. The summed E-state index contributed by atoms with van der Waals surface area (Å²) in [6.07, 6.45) is -0.690. The third-order valence-electron chi connectivity index (χ3n) is 7.29. The van der Waals surface area contributed by atoms with Gasteiger partial charge in [-0.05, 0) is 60.4 Å². The van der Waals surface area contributed by atoms with Gasteiger partial charge in [0, 0.05) is 30.2 Å². The number of benzene rings is 3. The molecule has 8 nitrogen and oxygen atoms in total. The Morgan fingerprint density at radius 3 is 2.49 bits per heavy atom. The fraction of sp³-hybridized carbons (Fsp3) is 0.387. The number of amides is 2. The molecule has 0 aliphatic carbocycles. The van der Waals surface area contributed by atoms with E-state index in [4.69, 9.17) is 32.7 Å². The molecule has 3 aromatic rings. The number of nitrogens with zero attached hydrogens (tertiary/aromatic N) is 2. The Hall–Kier alpha value is -2.89. The van der Waals surface area contributed by atoms with Gasteiger partial charge in [-0.2, -0.15) is 4.31 Å². The number of carbonyl (C=O) groups excluding carboxylic acids is 1. The molecule has 3 aromatic carbocycles. The van der Waals surface area contributed by atoms with Crippen LogP contribution in [0.4, 0.5) is 14.9 Å². The van der Waals surface area contributed by atoms with Crippen LogP contribution in [0.25, 0.3) is 0 Å². The maximum Gasteiger partial charge on any atom is 0.322 e. The molecule has 1 atom stereocenters. The maximum atomic E-state index is 14.2. The summed E-state index contributed by atoms with van der Waals surface area (Å²) in [5, 5.41) is 2.97. The Kier molecular flexibility index (Phi) is 10.6. The number of morpholine rings is 1. The third kappa shape index (κ3) is 7.44. The first-order valence-corrected chi connectivity index (χ1v) is 16.3. The summed E-state index contributed by atoms with van der Waals surface area (Å²) in [5.74, 6) is 0.407. The second-order valence-electron chi connectivity index (χ2n) is 10.6. The van der Waals surface area contributed by atoms with Crippen LogP contribution in [0.3, 0.4) is 0 Å². The average Bonchev–Trinajstić information content (AvgIpc) is 2.96. The molecular weight excluding hydrogens is 616 g/mol. The fourth-order valence-corrected chi connectivity index (χ4v) is 6.88. The van der Waals surface area contributed by atoms with E-state index in [9.17, 15) is 17.6 Å². The molecule has 1 aliphatic rings. The van der Waals surface area contributed by atoms with Crippen molar-refractivity contribution in [2.45, 2.75) is 51.5 Å². The Labute approximate surface area is 262 Å². The van der Waals surface area contributed by atoms with Crippen molar-refractivity contribution in [1.29, 1.82) is 0 Å². The van der Waals surface area contributed by atoms with Crippen LogP contribution in [0.5, 0.6) is 11.5 Å². The topological polar surface area (TPSA) is 88.2 Å². The van der Waals surface area contributed by atoms with E-state index in [1.807, 2.05) is 39.0 Å². The highest BCUT2D eigenvalue weighted by atomic mass is 35.5. The van der Waals surface area contributed by atoms with E-state index >= 15 is 0 Å². The zero-order valence-electron chi connectivity index (χ0n) is 24.8. The van der Waals surface area contributed by atoms with Gasteiger partial charge in [0.15, 0.2) is 5.75 Å². The van der Waals surface area contributed by atoms with E-state index in [-0.39, 0.29) is 52.0 Å². The Bertz CT molecular complexity index is 1600. The van der Waals surface area contributed by atoms with Gasteiger partial charge < -0.3 is 19.7 Å². The lowest BCUT2D eigenvalue weighted by Gasteiger charge is -2.33. The number of sulfonamides is 1. The van der Waals surface area contributed by atoms with Gasteiger partial charge in [0.05, 0.1) is 28.8 Å². The summed E-state index contributed by atoms with van der Waals surface area (Å²) >= 11 is 12.2. The summed E-state index contributed by atoms with van der Waals surface area (Å²) in [4.78, 5) is 15.1. The highest BCUT2D eigenvalue weighted by Gasteiger charge is 2.29. The van der Waals surface area contributed by atoms with Crippen molar-refractivity contribution in [2.24, 2.45) is 0 Å². The molecule has 0 aromatic heterocycles. The molecule has 1 fully saturated rings. The van der Waals surface area contributed by atoms with Gasteiger partial charge in [-0.15, -0.1) is 0 Å². The van der Waals surface area contributed by atoms with Gasteiger partial charge in [-0.3, -0.25) is 0 Å². The van der Waals surface area contributed by atoms with E-state index in [0.717, 1.165) is 11.1 Å². The normalized spacial score (nSPS) is 15.7. The monoisotopic (exact) mass is 651 g/mol. The number of hydrogen-bond acceptors (Lipinski definition) is 5. The van der Waals surface area contributed by atoms with Gasteiger partial charge >= 0.3 is 6.03 Å². The van der Waals surface area contributed by atoms with Gasteiger partial charge in [0.1, 0.15) is 17.7 Å². The van der Waals surface area contributed by atoms with E-state index < -0.39 is 28.0 Å². The molecule has 1 N–H and O–H groups in total. The molecule has 1 aliphatic heterocycles. The second-order valence-corrected chi connectivity index (χ2v) is 13.3. The van der Waals surface area contributed by atoms with Gasteiger partial charge in [-0.1, -0.05) is 63.0 Å². The van der Waals surface area contributed by atoms with Crippen molar-refractivity contribution >= 4 is 44.9 Å². The standard InChI is InChI=1S/C31H36Cl2FN3O5S/c1-6-37(7-2)43(39,40)21-9-11-28(42-29-14-20(5)8-10-22(29)19(3)4)27(15-21)35-31(38)36-12-13-41-30(18-36)23-16-26(34)25(33)17-24(23)32/h8-11,14-17,19,30H,6-7,12-13,18H2,1-5H3,(H,35,38). The van der Waals surface area contributed by atoms with Crippen LogP contribution in [0.2, 0.25) is 10.0 Å². The molecule has 232 valence electrons. The minimum absolute atomic E-state index is 0.0236. The largest absolute Gasteiger partial charge is 0.455 e. The van der Waals surface area contributed by atoms with Crippen LogP contribution >= 0.6 is 23.2 Å². The minimum atomic E-state index is -3.83. The van der Waals surface area contributed by atoms with Crippen LogP contribution in [0.15, 0.2) is 53.4 Å². The number of hydrogen-bond donors (Lipinski definition) is 1.